The van der Waals surface area contributed by atoms with Crippen LogP contribution in [0, 0.1) is 0 Å². The topological polar surface area (TPSA) is 79.1 Å². The minimum Gasteiger partial charge on any atom is -0.445 e. The Hall–Kier alpha value is -4.00. The van der Waals surface area contributed by atoms with Crippen molar-refractivity contribution in [2.45, 2.75) is 31.5 Å². The maximum Gasteiger partial charge on any atom is 0.410 e. The first-order chi connectivity index (χ1) is 17.0. The van der Waals surface area contributed by atoms with Crippen LogP contribution in [-0.2, 0) is 22.7 Å². The highest BCUT2D eigenvalue weighted by atomic mass is 16.6. The number of para-hydroxylation sites is 1. The number of ether oxygens (including phenoxy) is 1. The molecule has 0 aliphatic carbocycles. The third-order valence-corrected chi connectivity index (χ3v) is 6.96. The van der Waals surface area contributed by atoms with E-state index in [2.05, 4.69) is 4.90 Å². The number of rotatable bonds is 5. The Bertz CT molecular complexity index is 1180. The largest absolute Gasteiger partial charge is 0.445 e. The van der Waals surface area contributed by atoms with Crippen molar-refractivity contribution in [3.05, 3.63) is 96.1 Å². The van der Waals surface area contributed by atoms with E-state index in [9.17, 15) is 9.59 Å². The fraction of sp³-hybridized carbons (Fsp3) is 0.286. The van der Waals surface area contributed by atoms with E-state index in [0.29, 0.717) is 44.8 Å². The molecule has 1 spiro atoms. The van der Waals surface area contributed by atoms with E-state index in [-0.39, 0.29) is 18.6 Å². The summed E-state index contributed by atoms with van der Waals surface area (Å²) in [5.41, 5.74) is 8.93. The predicted molar refractivity (Wildman–Crippen MR) is 135 cm³/mol. The molecule has 0 saturated carbocycles. The van der Waals surface area contributed by atoms with E-state index >= 15 is 0 Å². The van der Waals surface area contributed by atoms with Gasteiger partial charge in [0.2, 0.25) is 5.91 Å². The molecule has 2 fully saturated rings. The van der Waals surface area contributed by atoms with Crippen LogP contribution in [0.25, 0.3) is 0 Å². The predicted octanol–water partition coefficient (Wildman–Crippen LogP) is 4.25. The standard InChI is InChI=1S/C28H30N4O3/c29-24-11-7-10-23(18-24)19-31-21-32(25-12-5-2-6-13-25)28(26(31)33)14-16-30(17-15-28)27(34)35-20-22-8-3-1-4-9-22/h1-13,18H,14-17,19-21,29H2. The van der Waals surface area contributed by atoms with Gasteiger partial charge in [0, 0.05) is 31.0 Å². The summed E-state index contributed by atoms with van der Waals surface area (Å²) < 4.78 is 5.53. The molecule has 0 aromatic heterocycles. The van der Waals surface area contributed by atoms with Crippen molar-refractivity contribution in [1.29, 1.82) is 0 Å². The summed E-state index contributed by atoms with van der Waals surface area (Å²) in [6.45, 7) is 2.17. The third-order valence-electron chi connectivity index (χ3n) is 6.96. The average Bonchev–Trinajstić information content (AvgIpc) is 3.15. The van der Waals surface area contributed by atoms with Crippen LogP contribution in [0.2, 0.25) is 0 Å². The summed E-state index contributed by atoms with van der Waals surface area (Å²) in [6, 6.07) is 27.4. The van der Waals surface area contributed by atoms with Gasteiger partial charge < -0.3 is 25.2 Å². The smallest absolute Gasteiger partial charge is 0.410 e. The summed E-state index contributed by atoms with van der Waals surface area (Å²) >= 11 is 0. The highest BCUT2D eigenvalue weighted by Gasteiger charge is 2.54. The number of nitrogens with two attached hydrogens (primary N) is 1. The molecule has 2 aliphatic heterocycles. The number of likely N-dealkylation sites (tertiary alicyclic amines) is 1. The summed E-state index contributed by atoms with van der Waals surface area (Å²) in [7, 11) is 0. The minimum atomic E-state index is -0.683. The lowest BCUT2D eigenvalue weighted by Gasteiger charge is -2.42. The molecule has 0 bridgehead atoms. The second kappa shape index (κ2) is 9.70. The van der Waals surface area contributed by atoms with Gasteiger partial charge in [-0.25, -0.2) is 4.79 Å². The fourth-order valence-electron chi connectivity index (χ4n) is 5.10. The monoisotopic (exact) mass is 470 g/mol. The van der Waals surface area contributed by atoms with Crippen LogP contribution >= 0.6 is 0 Å². The Morgan fingerprint density at radius 1 is 0.886 bits per heavy atom. The molecule has 2 heterocycles. The first kappa shape index (κ1) is 22.8. The summed E-state index contributed by atoms with van der Waals surface area (Å²) in [6.07, 6.45) is 0.764. The minimum absolute atomic E-state index is 0.0982. The number of hydrogen-bond donors (Lipinski definition) is 1. The lowest BCUT2D eigenvalue weighted by Crippen LogP contribution is -2.57. The molecule has 2 saturated heterocycles. The fourth-order valence-corrected chi connectivity index (χ4v) is 5.10. The van der Waals surface area contributed by atoms with Crippen LogP contribution < -0.4 is 10.6 Å². The van der Waals surface area contributed by atoms with E-state index in [1.165, 1.54) is 0 Å². The molecule has 180 valence electrons. The van der Waals surface area contributed by atoms with Gasteiger partial charge in [0.1, 0.15) is 12.1 Å². The Balaban J connectivity index is 1.31. The Kier molecular flexibility index (Phi) is 6.31. The van der Waals surface area contributed by atoms with Crippen molar-refractivity contribution in [1.82, 2.24) is 9.80 Å². The second-order valence-corrected chi connectivity index (χ2v) is 9.21. The zero-order chi connectivity index (χ0) is 24.3. The Labute approximate surface area is 205 Å². The van der Waals surface area contributed by atoms with Gasteiger partial charge in [0.15, 0.2) is 0 Å². The maximum absolute atomic E-state index is 13.9. The van der Waals surface area contributed by atoms with Crippen LogP contribution in [0.5, 0.6) is 0 Å². The van der Waals surface area contributed by atoms with Gasteiger partial charge in [-0.1, -0.05) is 60.7 Å². The van der Waals surface area contributed by atoms with Crippen molar-refractivity contribution in [2.24, 2.45) is 0 Å². The molecule has 7 nitrogen and oxygen atoms in total. The zero-order valence-electron chi connectivity index (χ0n) is 19.7. The molecule has 2 aliphatic rings. The maximum atomic E-state index is 13.9. The van der Waals surface area contributed by atoms with Crippen molar-refractivity contribution in [3.8, 4) is 0 Å². The number of carbonyl (C=O) groups excluding carboxylic acids is 2. The molecule has 0 unspecified atom stereocenters. The highest BCUT2D eigenvalue weighted by Crippen LogP contribution is 2.40. The molecule has 2 N–H and O–H groups in total. The van der Waals surface area contributed by atoms with Crippen molar-refractivity contribution in [3.63, 3.8) is 0 Å². The molecule has 0 atom stereocenters. The second-order valence-electron chi connectivity index (χ2n) is 9.21. The molecule has 5 rings (SSSR count). The third kappa shape index (κ3) is 4.67. The van der Waals surface area contributed by atoms with E-state index in [0.717, 1.165) is 16.8 Å². The van der Waals surface area contributed by atoms with E-state index < -0.39 is 5.54 Å². The molecule has 2 amide bonds. The van der Waals surface area contributed by atoms with Crippen LogP contribution in [-0.4, -0.2) is 47.1 Å². The molecule has 3 aromatic rings. The van der Waals surface area contributed by atoms with Gasteiger partial charge in [0.05, 0.1) is 6.67 Å². The molecule has 35 heavy (non-hydrogen) atoms. The van der Waals surface area contributed by atoms with Gasteiger partial charge >= 0.3 is 6.09 Å². The van der Waals surface area contributed by atoms with Crippen LogP contribution in [0.4, 0.5) is 16.2 Å². The van der Waals surface area contributed by atoms with Gasteiger partial charge in [0.25, 0.3) is 0 Å². The Morgan fingerprint density at radius 3 is 2.23 bits per heavy atom. The van der Waals surface area contributed by atoms with Gasteiger partial charge in [-0.2, -0.15) is 0 Å². The quantitative estimate of drug-likeness (QED) is 0.564. The summed E-state index contributed by atoms with van der Waals surface area (Å²) in [5.74, 6) is 0.0982. The Morgan fingerprint density at radius 2 is 1.54 bits per heavy atom. The van der Waals surface area contributed by atoms with Gasteiger partial charge in [-0.05, 0) is 48.2 Å². The number of nitrogens with zero attached hydrogens (tertiary/aromatic N) is 3. The molecular weight excluding hydrogens is 440 g/mol. The SMILES string of the molecule is Nc1cccc(CN2CN(c3ccccc3)C3(CCN(C(=O)OCc4ccccc4)CC3)C2=O)c1. The van der Waals surface area contributed by atoms with Crippen LogP contribution in [0.15, 0.2) is 84.9 Å². The highest BCUT2D eigenvalue weighted by molar-refractivity contribution is 5.93. The van der Waals surface area contributed by atoms with E-state index in [1.54, 1.807) is 4.90 Å². The number of hydrogen-bond acceptors (Lipinski definition) is 5. The number of piperidine rings is 1. The molecule has 0 radical (unpaired) electrons. The number of carbonyl (C=O) groups is 2. The van der Waals surface area contributed by atoms with Crippen molar-refractivity contribution in [2.75, 3.05) is 30.4 Å². The van der Waals surface area contributed by atoms with Crippen molar-refractivity contribution < 1.29 is 14.3 Å². The summed E-state index contributed by atoms with van der Waals surface area (Å²) in [4.78, 5) is 32.4. The lowest BCUT2D eigenvalue weighted by atomic mass is 9.85. The van der Waals surface area contributed by atoms with Gasteiger partial charge in [-0.15, -0.1) is 0 Å². The lowest BCUT2D eigenvalue weighted by molar-refractivity contribution is -0.134. The van der Waals surface area contributed by atoms with Gasteiger partial charge in [-0.3, -0.25) is 4.79 Å². The zero-order valence-corrected chi connectivity index (χ0v) is 19.7. The van der Waals surface area contributed by atoms with Crippen LogP contribution in [0.3, 0.4) is 0 Å². The van der Waals surface area contributed by atoms with Crippen LogP contribution in [0.1, 0.15) is 24.0 Å². The number of nitrogen functional groups attached to an aromatic ring is 1. The van der Waals surface area contributed by atoms with Crippen molar-refractivity contribution >= 4 is 23.4 Å². The molecule has 7 heteroatoms. The molecular formula is C28H30N4O3. The van der Waals surface area contributed by atoms with E-state index in [4.69, 9.17) is 10.5 Å². The van der Waals surface area contributed by atoms with E-state index in [1.807, 2.05) is 89.8 Å². The first-order valence-electron chi connectivity index (χ1n) is 12.0. The normalized spacial score (nSPS) is 17.1. The number of benzene rings is 3. The summed E-state index contributed by atoms with van der Waals surface area (Å²) in [5, 5.41) is 0. The average molecular weight is 471 g/mol. The first-order valence-corrected chi connectivity index (χ1v) is 12.0. The number of anilines is 2. The number of amides is 2. The molecule has 3 aromatic carbocycles.